The zero-order valence-corrected chi connectivity index (χ0v) is 21.5. The maximum atomic E-state index is 13.3. The zero-order valence-electron chi connectivity index (χ0n) is 21.5. The fourth-order valence-corrected chi connectivity index (χ4v) is 6.03. The monoisotopic (exact) mass is 486 g/mol. The molecule has 1 aromatic carbocycles. The lowest BCUT2D eigenvalue weighted by Crippen LogP contribution is -2.31. The van der Waals surface area contributed by atoms with E-state index in [0.717, 1.165) is 77.7 Å². The van der Waals surface area contributed by atoms with Crippen molar-refractivity contribution < 1.29 is 4.74 Å². The summed E-state index contributed by atoms with van der Waals surface area (Å²) in [7, 11) is 7.88. The number of hydrogen-bond acceptors (Lipinski definition) is 6. The lowest BCUT2D eigenvalue weighted by Gasteiger charge is -2.21. The van der Waals surface area contributed by atoms with Gasteiger partial charge in [0, 0.05) is 56.5 Å². The number of aryl methyl sites for hydroxylation is 1. The fourth-order valence-electron chi connectivity index (χ4n) is 6.03. The summed E-state index contributed by atoms with van der Waals surface area (Å²) in [5.74, 6) is 1.03. The molecule has 0 spiro atoms. The summed E-state index contributed by atoms with van der Waals surface area (Å²) in [6, 6.07) is 11.3. The quantitative estimate of drug-likeness (QED) is 0.427. The molecule has 0 radical (unpaired) electrons. The summed E-state index contributed by atoms with van der Waals surface area (Å²) in [6.45, 7) is 2.04. The Hall–Kier alpha value is -3.23. The highest BCUT2D eigenvalue weighted by Gasteiger charge is 2.30. The number of imidazole rings is 1. The predicted octanol–water partition coefficient (Wildman–Crippen LogP) is 3.83. The van der Waals surface area contributed by atoms with Gasteiger partial charge in [0.05, 0.1) is 28.9 Å². The van der Waals surface area contributed by atoms with Gasteiger partial charge in [-0.25, -0.2) is 9.78 Å². The number of likely N-dealkylation sites (N-methyl/N-ethyl adjacent to an activating group) is 1. The number of rotatable bonds is 5. The van der Waals surface area contributed by atoms with Gasteiger partial charge in [-0.05, 0) is 69.6 Å². The van der Waals surface area contributed by atoms with Crippen LogP contribution >= 0.6 is 0 Å². The second kappa shape index (κ2) is 9.01. The number of benzene rings is 1. The Labute approximate surface area is 211 Å². The molecule has 1 saturated carbocycles. The first kappa shape index (κ1) is 23.2. The molecule has 0 amide bonds. The van der Waals surface area contributed by atoms with Gasteiger partial charge in [0.2, 0.25) is 0 Å². The third-order valence-corrected chi connectivity index (χ3v) is 8.27. The van der Waals surface area contributed by atoms with Crippen molar-refractivity contribution in [3.63, 3.8) is 0 Å². The Morgan fingerprint density at radius 3 is 2.56 bits per heavy atom. The van der Waals surface area contributed by atoms with Crippen LogP contribution in [0.25, 0.3) is 33.1 Å². The number of nitrogens with zero attached hydrogens (tertiary/aromatic N) is 6. The van der Waals surface area contributed by atoms with Crippen molar-refractivity contribution in [1.82, 2.24) is 24.0 Å². The SMILES string of the molecule is CO[C@H]1CC[C@H](n2c(=O)n(C)c3cnc4ccc(-c5ccc(N6CC[C@@H](N(C)C)C6)nc5)cc4c32)C1. The van der Waals surface area contributed by atoms with Crippen LogP contribution < -0.4 is 10.6 Å². The van der Waals surface area contributed by atoms with E-state index in [1.165, 1.54) is 0 Å². The standard InChI is InChI=1S/C28H34N6O2/c1-31(2)21-11-12-33(17-21)26-10-6-19(15-30-26)18-5-9-24-23(13-18)27-25(16-29-24)32(3)28(35)34(27)20-7-8-22(14-20)36-4/h5-6,9-10,13,15-16,20-22H,7-8,11-12,14,17H2,1-4H3/t20-,21+,22-/m0/s1. The largest absolute Gasteiger partial charge is 0.381 e. The van der Waals surface area contributed by atoms with Crippen LogP contribution in [0.15, 0.2) is 47.5 Å². The highest BCUT2D eigenvalue weighted by atomic mass is 16.5. The van der Waals surface area contributed by atoms with Gasteiger partial charge in [-0.1, -0.05) is 6.07 Å². The van der Waals surface area contributed by atoms with E-state index >= 15 is 0 Å². The molecule has 1 aliphatic heterocycles. The maximum Gasteiger partial charge on any atom is 0.329 e. The molecule has 8 heteroatoms. The third kappa shape index (κ3) is 3.79. The molecule has 0 N–H and O–H groups in total. The van der Waals surface area contributed by atoms with Crippen molar-refractivity contribution in [1.29, 1.82) is 0 Å². The Bertz CT molecular complexity index is 1470. The molecule has 3 aromatic heterocycles. The molecule has 6 rings (SSSR count). The molecule has 4 aromatic rings. The Morgan fingerprint density at radius 2 is 1.86 bits per heavy atom. The summed E-state index contributed by atoms with van der Waals surface area (Å²) in [6.07, 6.45) is 7.93. The highest BCUT2D eigenvalue weighted by molar-refractivity contribution is 6.04. The summed E-state index contributed by atoms with van der Waals surface area (Å²) in [4.78, 5) is 27.5. The van der Waals surface area contributed by atoms with Crippen LogP contribution in [0.5, 0.6) is 0 Å². The van der Waals surface area contributed by atoms with Gasteiger partial charge in [0.1, 0.15) is 5.82 Å². The van der Waals surface area contributed by atoms with E-state index in [-0.39, 0.29) is 17.8 Å². The van der Waals surface area contributed by atoms with Gasteiger partial charge in [-0.3, -0.25) is 14.1 Å². The molecule has 188 valence electrons. The number of hydrogen-bond donors (Lipinski definition) is 0. The lowest BCUT2D eigenvalue weighted by molar-refractivity contribution is 0.106. The topological polar surface area (TPSA) is 68.4 Å². The highest BCUT2D eigenvalue weighted by Crippen LogP contribution is 2.36. The van der Waals surface area contributed by atoms with Gasteiger partial charge in [-0.2, -0.15) is 0 Å². The van der Waals surface area contributed by atoms with E-state index < -0.39 is 0 Å². The first-order chi connectivity index (χ1) is 17.4. The van der Waals surface area contributed by atoms with Crippen molar-refractivity contribution in [2.45, 2.75) is 43.9 Å². The molecule has 1 aliphatic carbocycles. The first-order valence-electron chi connectivity index (χ1n) is 12.8. The van der Waals surface area contributed by atoms with Gasteiger partial charge >= 0.3 is 5.69 Å². The molecule has 36 heavy (non-hydrogen) atoms. The second-order valence-corrected chi connectivity index (χ2v) is 10.5. The molecule has 3 atom stereocenters. The van der Waals surface area contributed by atoms with Crippen LogP contribution in [0.3, 0.4) is 0 Å². The van der Waals surface area contributed by atoms with E-state index in [9.17, 15) is 4.79 Å². The van der Waals surface area contributed by atoms with Crippen LogP contribution in [-0.4, -0.2) is 70.4 Å². The van der Waals surface area contributed by atoms with Crippen molar-refractivity contribution in [2.75, 3.05) is 39.2 Å². The molecule has 0 bridgehead atoms. The van der Waals surface area contributed by atoms with E-state index in [1.807, 2.05) is 24.0 Å². The second-order valence-electron chi connectivity index (χ2n) is 10.5. The minimum absolute atomic E-state index is 0.0131. The minimum atomic E-state index is 0.0131. The number of aromatic nitrogens is 4. The average molecular weight is 487 g/mol. The van der Waals surface area contributed by atoms with Crippen LogP contribution in [0.4, 0.5) is 5.82 Å². The van der Waals surface area contributed by atoms with Crippen molar-refractivity contribution >= 4 is 27.8 Å². The Balaban J connectivity index is 1.40. The first-order valence-corrected chi connectivity index (χ1v) is 12.8. The Kier molecular flexibility index (Phi) is 5.80. The van der Waals surface area contributed by atoms with Crippen molar-refractivity contribution in [2.24, 2.45) is 7.05 Å². The summed E-state index contributed by atoms with van der Waals surface area (Å²) in [5, 5.41) is 1.00. The normalized spacial score (nSPS) is 22.5. The van der Waals surface area contributed by atoms with Crippen LogP contribution in [-0.2, 0) is 11.8 Å². The summed E-state index contributed by atoms with van der Waals surface area (Å²) >= 11 is 0. The molecule has 8 nitrogen and oxygen atoms in total. The zero-order chi connectivity index (χ0) is 25.0. The van der Waals surface area contributed by atoms with Crippen molar-refractivity contribution in [3.8, 4) is 11.1 Å². The molecule has 2 aliphatic rings. The number of methoxy groups -OCH3 is 1. The number of anilines is 1. The number of fused-ring (bicyclic) bond motifs is 3. The molecule has 0 unspecified atom stereocenters. The Morgan fingerprint density at radius 1 is 1.03 bits per heavy atom. The van der Waals surface area contributed by atoms with Gasteiger partial charge in [-0.15, -0.1) is 0 Å². The number of pyridine rings is 2. The summed E-state index contributed by atoms with van der Waals surface area (Å²) < 4.78 is 9.31. The van der Waals surface area contributed by atoms with E-state index in [1.54, 1.807) is 11.7 Å². The minimum Gasteiger partial charge on any atom is -0.381 e. The molecular formula is C28H34N6O2. The van der Waals surface area contributed by atoms with Crippen LogP contribution in [0.1, 0.15) is 31.7 Å². The van der Waals surface area contributed by atoms with Crippen LogP contribution in [0, 0.1) is 0 Å². The average Bonchev–Trinajstić information content (AvgIpc) is 3.63. The molecular weight excluding hydrogens is 452 g/mol. The third-order valence-electron chi connectivity index (χ3n) is 8.27. The van der Waals surface area contributed by atoms with Crippen LogP contribution in [0.2, 0.25) is 0 Å². The summed E-state index contributed by atoms with van der Waals surface area (Å²) in [5.41, 5.74) is 4.87. The molecule has 2 fully saturated rings. The van der Waals surface area contributed by atoms with E-state index in [0.29, 0.717) is 6.04 Å². The molecule has 4 heterocycles. The molecule has 1 saturated heterocycles. The maximum absolute atomic E-state index is 13.3. The van der Waals surface area contributed by atoms with Crippen molar-refractivity contribution in [3.05, 3.63) is 53.2 Å². The van der Waals surface area contributed by atoms with Gasteiger partial charge < -0.3 is 14.5 Å². The van der Waals surface area contributed by atoms with E-state index in [4.69, 9.17) is 9.72 Å². The van der Waals surface area contributed by atoms with E-state index in [2.05, 4.69) is 59.2 Å². The fraction of sp³-hybridized carbons (Fsp3) is 0.464. The van der Waals surface area contributed by atoms with Gasteiger partial charge in [0.15, 0.2) is 0 Å². The van der Waals surface area contributed by atoms with Gasteiger partial charge in [0.25, 0.3) is 0 Å². The smallest absolute Gasteiger partial charge is 0.329 e. The predicted molar refractivity (Wildman–Crippen MR) is 144 cm³/mol. The lowest BCUT2D eigenvalue weighted by atomic mass is 10.0. The number of ether oxygens (including phenoxy) is 1.